The molecule has 1 aliphatic heterocycles. The molecule has 3 nitrogen and oxygen atoms in total. The molecule has 1 unspecified atom stereocenters. The second kappa shape index (κ2) is 4.71. The van der Waals surface area contributed by atoms with Gasteiger partial charge in [-0.2, -0.15) is 0 Å². The van der Waals surface area contributed by atoms with E-state index in [-0.39, 0.29) is 11.6 Å². The van der Waals surface area contributed by atoms with Crippen LogP contribution in [0.2, 0.25) is 0 Å². The van der Waals surface area contributed by atoms with E-state index in [0.717, 1.165) is 0 Å². The molecule has 0 bridgehead atoms. The van der Waals surface area contributed by atoms with E-state index in [9.17, 15) is 14.7 Å². The third kappa shape index (κ3) is 2.85. The number of hydrogen-bond acceptors (Lipinski definition) is 3. The number of ketones is 2. The number of carbonyl (C=O) groups excluding carboxylic acids is 2. The Morgan fingerprint density at radius 2 is 1.61 bits per heavy atom. The number of allylic oxidation sites excluding steroid dienone is 1. The summed E-state index contributed by atoms with van der Waals surface area (Å²) in [4.78, 5) is 24.8. The van der Waals surface area contributed by atoms with Crippen LogP contribution in [-0.2, 0) is 9.59 Å². The molecule has 1 heterocycles. The average Bonchev–Trinajstić information content (AvgIpc) is 2.56. The molecule has 0 saturated carbocycles. The van der Waals surface area contributed by atoms with Gasteiger partial charge in [0, 0.05) is 0 Å². The fourth-order valence-electron chi connectivity index (χ4n) is 1.92. The van der Waals surface area contributed by atoms with Crippen molar-refractivity contribution in [2.75, 3.05) is 0 Å². The summed E-state index contributed by atoms with van der Waals surface area (Å²) in [5.41, 5.74) is -0.884. The molecule has 0 aromatic rings. The summed E-state index contributed by atoms with van der Waals surface area (Å²) in [5, 5.41) is 10.7. The van der Waals surface area contributed by atoms with Crippen molar-refractivity contribution < 1.29 is 14.7 Å². The van der Waals surface area contributed by atoms with Crippen LogP contribution in [0.25, 0.3) is 0 Å². The van der Waals surface area contributed by atoms with E-state index in [1.807, 2.05) is 24.5 Å². The van der Waals surface area contributed by atoms with Gasteiger partial charge >= 0.3 is 120 Å². The van der Waals surface area contributed by atoms with Crippen LogP contribution in [0.15, 0.2) is 11.6 Å². The van der Waals surface area contributed by atoms with Gasteiger partial charge in [0.2, 0.25) is 0 Å². The molecule has 0 aliphatic carbocycles. The number of Topliss-reactive ketones (excluding diaryl/α,β-unsaturated/α-hetero) is 2. The van der Waals surface area contributed by atoms with Crippen LogP contribution in [0.3, 0.4) is 0 Å². The standard InChI is InChI=1S/C14H21O3.In/c1-8-9(11(16)13(2,3)4)10(15)12(17)14(5,6)7;/h1,8,15H,2-7H3;. The molecule has 0 saturated heterocycles. The molecule has 1 atom stereocenters. The molecular formula is C14H21InO3. The van der Waals surface area contributed by atoms with Crippen molar-refractivity contribution in [2.45, 2.75) is 44.9 Å². The van der Waals surface area contributed by atoms with Crippen LogP contribution >= 0.6 is 0 Å². The summed E-state index contributed by atoms with van der Waals surface area (Å²) >= 11 is -1.64. The van der Waals surface area contributed by atoms with Crippen LogP contribution in [0.1, 0.15) is 41.5 Å². The zero-order valence-electron chi connectivity index (χ0n) is 12.0. The molecule has 98 valence electrons. The van der Waals surface area contributed by atoms with Crippen LogP contribution in [-0.4, -0.2) is 46.2 Å². The van der Waals surface area contributed by atoms with Gasteiger partial charge in [0.05, 0.1) is 0 Å². The van der Waals surface area contributed by atoms with Crippen molar-refractivity contribution in [3.8, 4) is 0 Å². The van der Waals surface area contributed by atoms with Crippen molar-refractivity contribution in [3.63, 3.8) is 0 Å². The third-order valence-corrected chi connectivity index (χ3v) is 7.08. The van der Waals surface area contributed by atoms with Gasteiger partial charge in [-0.1, -0.05) is 0 Å². The first-order valence-electron chi connectivity index (χ1n) is 6.13. The van der Waals surface area contributed by atoms with Crippen molar-refractivity contribution in [1.82, 2.24) is 0 Å². The normalized spacial score (nSPS) is 23.6. The van der Waals surface area contributed by atoms with Gasteiger partial charge in [0.25, 0.3) is 0 Å². The molecule has 0 aromatic carbocycles. The first-order chi connectivity index (χ1) is 7.90. The van der Waals surface area contributed by atoms with Crippen LogP contribution < -0.4 is 0 Å². The molecule has 0 amide bonds. The van der Waals surface area contributed by atoms with E-state index in [2.05, 4.69) is 0 Å². The van der Waals surface area contributed by atoms with E-state index >= 15 is 0 Å². The Morgan fingerprint density at radius 3 is 2.00 bits per heavy atom. The Hall–Kier alpha value is -0.220. The van der Waals surface area contributed by atoms with Crippen LogP contribution in [0.4, 0.5) is 0 Å². The van der Waals surface area contributed by atoms with E-state index in [1.165, 1.54) is 0 Å². The Morgan fingerprint density at radius 1 is 1.11 bits per heavy atom. The van der Waals surface area contributed by atoms with Crippen molar-refractivity contribution >= 4 is 37.7 Å². The van der Waals surface area contributed by atoms with Gasteiger partial charge in [-0.15, -0.1) is 0 Å². The second-order valence-electron chi connectivity index (χ2n) is 6.86. The van der Waals surface area contributed by atoms with E-state index in [4.69, 9.17) is 0 Å². The predicted molar refractivity (Wildman–Crippen MR) is 73.8 cm³/mol. The Labute approximate surface area is 119 Å². The first-order valence-corrected chi connectivity index (χ1v) is 9.68. The number of aliphatic hydroxyl groups is 1. The predicted octanol–water partition coefficient (Wildman–Crippen LogP) is 1.35. The summed E-state index contributed by atoms with van der Waals surface area (Å²) in [6.07, 6.45) is 1.68. The fourth-order valence-corrected chi connectivity index (χ4v) is 6.37. The van der Waals surface area contributed by atoms with Crippen molar-refractivity contribution in [1.29, 1.82) is 0 Å². The average molecular weight is 352 g/mol. The minimum atomic E-state index is -1.64. The molecule has 0 fully saturated rings. The molecule has 0 radical (unpaired) electrons. The van der Waals surface area contributed by atoms with Gasteiger partial charge in [-0.3, -0.25) is 0 Å². The van der Waals surface area contributed by atoms with Gasteiger partial charge < -0.3 is 0 Å². The minimum absolute atomic E-state index is 0.123. The topological polar surface area (TPSA) is 54.4 Å². The second-order valence-corrected chi connectivity index (χ2v) is 11.3. The SMILES string of the molecule is CC(C)(C)C(=O)C1=C[CH]=[In][C]1(O)C(=O)C(C)(C)C. The summed E-state index contributed by atoms with van der Waals surface area (Å²) in [7, 11) is 0. The van der Waals surface area contributed by atoms with E-state index in [1.54, 1.807) is 26.8 Å². The third-order valence-electron chi connectivity index (χ3n) is 2.96. The number of hydrogen-bond donors (Lipinski definition) is 1. The number of rotatable bonds is 2. The van der Waals surface area contributed by atoms with E-state index in [0.29, 0.717) is 5.57 Å². The van der Waals surface area contributed by atoms with Crippen LogP contribution in [0.5, 0.6) is 0 Å². The first kappa shape index (κ1) is 15.8. The molecule has 1 aliphatic rings. The fraction of sp³-hybridized carbons (Fsp3) is 0.643. The van der Waals surface area contributed by atoms with Gasteiger partial charge in [-0.25, -0.2) is 0 Å². The Kier molecular flexibility index (Phi) is 4.15. The maximum atomic E-state index is 12.4. The summed E-state index contributed by atoms with van der Waals surface area (Å²) < 4.78 is 0.427. The molecular weight excluding hydrogens is 331 g/mol. The zero-order valence-corrected chi connectivity index (χ0v) is 15.3. The van der Waals surface area contributed by atoms with Crippen LogP contribution in [0, 0.1) is 10.8 Å². The van der Waals surface area contributed by atoms with Gasteiger partial charge in [0.1, 0.15) is 0 Å². The maximum absolute atomic E-state index is 12.4. The summed E-state index contributed by atoms with van der Waals surface area (Å²) in [5.74, 6) is -0.337. The molecule has 4 heteroatoms. The van der Waals surface area contributed by atoms with E-state index < -0.39 is 36.6 Å². The quantitative estimate of drug-likeness (QED) is 0.817. The molecule has 18 heavy (non-hydrogen) atoms. The summed E-state index contributed by atoms with van der Waals surface area (Å²) in [6.45, 7) is 10.8. The molecule has 0 spiro atoms. The van der Waals surface area contributed by atoms with Crippen molar-refractivity contribution in [3.05, 3.63) is 11.6 Å². The zero-order chi connectivity index (χ0) is 14.4. The Bertz CT molecular complexity index is 447. The molecule has 1 N–H and O–H groups in total. The monoisotopic (exact) mass is 352 g/mol. The molecule has 1 rings (SSSR count). The summed E-state index contributed by atoms with van der Waals surface area (Å²) in [6, 6.07) is 0. The van der Waals surface area contributed by atoms with Gasteiger partial charge in [-0.05, 0) is 0 Å². The molecule has 0 aromatic heterocycles. The van der Waals surface area contributed by atoms with Gasteiger partial charge in [0.15, 0.2) is 0 Å². The van der Waals surface area contributed by atoms with Crippen molar-refractivity contribution in [2.24, 2.45) is 10.8 Å². The number of carbonyl (C=O) groups is 2. The Balaban J connectivity index is 3.19.